The first-order valence-electron chi connectivity index (χ1n) is 9.27. The number of esters is 1. The maximum Gasteiger partial charge on any atom is 0.318 e. The Hall–Kier alpha value is -3.54. The number of carbonyl (C=O) groups is 2. The predicted molar refractivity (Wildman–Crippen MR) is 110 cm³/mol. The van der Waals surface area contributed by atoms with Crippen LogP contribution in [0.1, 0.15) is 5.56 Å². The van der Waals surface area contributed by atoms with Crippen molar-refractivity contribution < 1.29 is 23.8 Å². The molecule has 0 aliphatic rings. The first-order chi connectivity index (χ1) is 14.1. The highest BCUT2D eigenvalue weighted by Gasteiger charge is 2.25. The van der Waals surface area contributed by atoms with Crippen LogP contribution in [0.3, 0.4) is 0 Å². The molecule has 3 rings (SSSR count). The summed E-state index contributed by atoms with van der Waals surface area (Å²) in [5.41, 5.74) is 6.06. The van der Waals surface area contributed by atoms with E-state index in [9.17, 15) is 9.59 Å². The summed E-state index contributed by atoms with van der Waals surface area (Å²) >= 11 is 0. The molecule has 3 aromatic carbocycles. The van der Waals surface area contributed by atoms with Crippen molar-refractivity contribution in [3.63, 3.8) is 0 Å². The smallest absolute Gasteiger partial charge is 0.318 e. The molecular formula is C23H23NO5. The predicted octanol–water partition coefficient (Wildman–Crippen LogP) is 3.11. The molecule has 3 aromatic rings. The van der Waals surface area contributed by atoms with Gasteiger partial charge in [0.1, 0.15) is 30.6 Å². The minimum absolute atomic E-state index is 0.188. The lowest BCUT2D eigenvalue weighted by molar-refractivity contribution is -0.149. The largest absolute Gasteiger partial charge is 0.490 e. The third-order valence-corrected chi connectivity index (χ3v) is 4.53. The quantitative estimate of drug-likeness (QED) is 0.343. The van der Waals surface area contributed by atoms with Gasteiger partial charge in [0.05, 0.1) is 7.11 Å². The van der Waals surface area contributed by atoms with E-state index in [2.05, 4.69) is 10.8 Å². The molecule has 2 N–H and O–H groups in total. The normalized spacial score (nSPS) is 11.6. The van der Waals surface area contributed by atoms with Gasteiger partial charge in [0.15, 0.2) is 0 Å². The number of nitrogens with two attached hydrogens (primary N) is 1. The van der Waals surface area contributed by atoms with E-state index >= 15 is 0 Å². The molecule has 1 atom stereocenters. The van der Waals surface area contributed by atoms with Crippen LogP contribution in [0.15, 0.2) is 66.7 Å². The highest BCUT2D eigenvalue weighted by molar-refractivity contribution is 5.97. The number of methoxy groups -OCH3 is 1. The Morgan fingerprint density at radius 3 is 2.14 bits per heavy atom. The third kappa shape index (κ3) is 5.48. The summed E-state index contributed by atoms with van der Waals surface area (Å²) in [5, 5.41) is 2.30. The Balaban J connectivity index is 1.48. The van der Waals surface area contributed by atoms with Crippen molar-refractivity contribution in [3.8, 4) is 11.5 Å². The number of carbonyl (C=O) groups excluding carboxylic acids is 2. The van der Waals surface area contributed by atoms with Crippen LogP contribution in [0.2, 0.25) is 0 Å². The molecule has 0 aliphatic carbocycles. The maximum absolute atomic E-state index is 11.6. The van der Waals surface area contributed by atoms with Crippen LogP contribution in [0.25, 0.3) is 10.8 Å². The highest BCUT2D eigenvalue weighted by Crippen LogP contribution is 2.21. The van der Waals surface area contributed by atoms with Gasteiger partial charge < -0.3 is 19.9 Å². The van der Waals surface area contributed by atoms with Crippen molar-refractivity contribution in [1.82, 2.24) is 0 Å². The molecule has 0 bridgehead atoms. The van der Waals surface area contributed by atoms with Crippen molar-refractivity contribution >= 4 is 22.6 Å². The van der Waals surface area contributed by atoms with Gasteiger partial charge in [0.25, 0.3) is 0 Å². The van der Waals surface area contributed by atoms with Crippen LogP contribution in [-0.2, 0) is 20.7 Å². The summed E-state index contributed by atoms with van der Waals surface area (Å²) in [7, 11) is 1.23. The van der Waals surface area contributed by atoms with Crippen LogP contribution in [0.4, 0.5) is 0 Å². The first-order valence-corrected chi connectivity index (χ1v) is 9.27. The van der Waals surface area contributed by atoms with Gasteiger partial charge in [0.2, 0.25) is 5.91 Å². The summed E-state index contributed by atoms with van der Waals surface area (Å²) < 4.78 is 16.0. The molecule has 0 aliphatic heterocycles. The summed E-state index contributed by atoms with van der Waals surface area (Å²) in [6.07, 6.45) is 0.188. The molecule has 0 aromatic heterocycles. The van der Waals surface area contributed by atoms with E-state index in [1.807, 2.05) is 36.4 Å². The second kappa shape index (κ2) is 9.59. The molecule has 0 spiro atoms. The number of amides is 1. The van der Waals surface area contributed by atoms with Gasteiger partial charge in [-0.15, -0.1) is 0 Å². The zero-order valence-corrected chi connectivity index (χ0v) is 16.2. The molecule has 1 amide bonds. The summed E-state index contributed by atoms with van der Waals surface area (Å²) in [4.78, 5) is 23.0. The molecule has 0 saturated heterocycles. The Bertz CT molecular complexity index is 984. The van der Waals surface area contributed by atoms with Crippen LogP contribution in [0, 0.1) is 5.92 Å². The minimum atomic E-state index is -0.998. The van der Waals surface area contributed by atoms with Crippen LogP contribution in [-0.4, -0.2) is 32.2 Å². The second-order valence-corrected chi connectivity index (χ2v) is 6.53. The fourth-order valence-corrected chi connectivity index (χ4v) is 2.98. The number of hydrogen-bond donors (Lipinski definition) is 1. The van der Waals surface area contributed by atoms with E-state index in [1.54, 1.807) is 24.3 Å². The topological polar surface area (TPSA) is 87.8 Å². The fraction of sp³-hybridized carbons (Fsp3) is 0.217. The van der Waals surface area contributed by atoms with Gasteiger partial charge in [-0.1, -0.05) is 42.5 Å². The van der Waals surface area contributed by atoms with Crippen molar-refractivity contribution in [2.24, 2.45) is 11.7 Å². The molecule has 0 saturated carbocycles. The molecule has 29 heavy (non-hydrogen) atoms. The third-order valence-electron chi connectivity index (χ3n) is 4.53. The Morgan fingerprint density at radius 2 is 1.48 bits per heavy atom. The number of ether oxygens (including phenoxy) is 3. The van der Waals surface area contributed by atoms with Gasteiger partial charge >= 0.3 is 5.97 Å². The summed E-state index contributed by atoms with van der Waals surface area (Å²) in [6.45, 7) is 0.796. The molecule has 150 valence electrons. The molecule has 0 radical (unpaired) electrons. The number of primary amides is 1. The lowest BCUT2D eigenvalue weighted by Crippen LogP contribution is -2.32. The molecule has 6 heteroatoms. The van der Waals surface area contributed by atoms with E-state index < -0.39 is 17.8 Å². The average Bonchev–Trinajstić information content (AvgIpc) is 2.75. The number of hydrogen-bond acceptors (Lipinski definition) is 5. The van der Waals surface area contributed by atoms with Gasteiger partial charge in [-0.3, -0.25) is 9.59 Å². The van der Waals surface area contributed by atoms with E-state index in [0.717, 1.165) is 16.7 Å². The second-order valence-electron chi connectivity index (χ2n) is 6.53. The highest BCUT2D eigenvalue weighted by atomic mass is 16.5. The maximum atomic E-state index is 11.6. The Kier molecular flexibility index (Phi) is 6.68. The summed E-state index contributed by atoms with van der Waals surface area (Å²) in [6, 6.07) is 21.2. The van der Waals surface area contributed by atoms with Crippen LogP contribution < -0.4 is 15.2 Å². The number of rotatable bonds is 9. The van der Waals surface area contributed by atoms with E-state index in [0.29, 0.717) is 19.0 Å². The summed E-state index contributed by atoms with van der Waals surface area (Å²) in [5.74, 6) is -0.874. The van der Waals surface area contributed by atoms with Crippen LogP contribution >= 0.6 is 0 Å². The zero-order chi connectivity index (χ0) is 20.6. The lowest BCUT2D eigenvalue weighted by Gasteiger charge is -2.12. The van der Waals surface area contributed by atoms with Gasteiger partial charge in [-0.2, -0.15) is 0 Å². The molecule has 1 unspecified atom stereocenters. The van der Waals surface area contributed by atoms with Crippen molar-refractivity contribution in [2.45, 2.75) is 6.42 Å². The van der Waals surface area contributed by atoms with Gasteiger partial charge in [-0.05, 0) is 47.0 Å². The Labute approximate surface area is 169 Å². The van der Waals surface area contributed by atoms with E-state index in [-0.39, 0.29) is 6.42 Å². The lowest BCUT2D eigenvalue weighted by atomic mass is 9.99. The molecular weight excluding hydrogens is 370 g/mol. The molecule has 6 nitrogen and oxygen atoms in total. The number of fused-ring (bicyclic) bond motifs is 1. The van der Waals surface area contributed by atoms with Crippen molar-refractivity contribution in [1.29, 1.82) is 0 Å². The van der Waals surface area contributed by atoms with Crippen molar-refractivity contribution in [3.05, 3.63) is 72.3 Å². The molecule has 0 fully saturated rings. The number of benzene rings is 3. The van der Waals surface area contributed by atoms with Gasteiger partial charge in [-0.25, -0.2) is 0 Å². The SMILES string of the molecule is COC(=O)C(Cc1ccc(OCCOc2ccc3ccccc3c2)cc1)C(N)=O. The van der Waals surface area contributed by atoms with Crippen LogP contribution in [0.5, 0.6) is 11.5 Å². The molecule has 0 heterocycles. The van der Waals surface area contributed by atoms with Crippen molar-refractivity contribution in [2.75, 3.05) is 20.3 Å². The standard InChI is InChI=1S/C23H23NO5/c1-27-23(26)21(22(24)25)14-16-6-9-19(10-7-16)28-12-13-29-20-11-8-17-4-2-3-5-18(17)15-20/h2-11,15,21H,12-14H2,1H3,(H2,24,25). The Morgan fingerprint density at radius 1 is 0.862 bits per heavy atom. The fourth-order valence-electron chi connectivity index (χ4n) is 2.98. The average molecular weight is 393 g/mol. The monoisotopic (exact) mass is 393 g/mol. The zero-order valence-electron chi connectivity index (χ0n) is 16.2. The van der Waals surface area contributed by atoms with E-state index in [1.165, 1.54) is 12.5 Å². The first kappa shape index (κ1) is 20.2. The van der Waals surface area contributed by atoms with E-state index in [4.69, 9.17) is 15.2 Å². The van der Waals surface area contributed by atoms with Gasteiger partial charge in [0, 0.05) is 0 Å². The minimum Gasteiger partial charge on any atom is -0.490 e.